The first kappa shape index (κ1) is 16.4. The second-order valence-electron chi connectivity index (χ2n) is 5.17. The van der Waals surface area contributed by atoms with Gasteiger partial charge in [0, 0.05) is 12.1 Å². The van der Waals surface area contributed by atoms with Crippen LogP contribution in [0, 0.1) is 0 Å². The van der Waals surface area contributed by atoms with Crippen LogP contribution in [0.3, 0.4) is 0 Å². The highest BCUT2D eigenvalue weighted by Gasteiger charge is 2.16. The van der Waals surface area contributed by atoms with E-state index in [0.29, 0.717) is 16.1 Å². The highest BCUT2D eigenvalue weighted by Crippen LogP contribution is 2.29. The zero-order valence-electron chi connectivity index (χ0n) is 12.4. The summed E-state index contributed by atoms with van der Waals surface area (Å²) in [6.07, 6.45) is 2.04. The van der Waals surface area contributed by atoms with Crippen molar-refractivity contribution in [3.8, 4) is 0 Å². The Balaban J connectivity index is 2.19. The molecule has 2 aromatic carbocycles. The number of hydrogen-bond acceptors (Lipinski definition) is 1. The summed E-state index contributed by atoms with van der Waals surface area (Å²) in [6.45, 7) is 4.38. The summed E-state index contributed by atoms with van der Waals surface area (Å²) in [5.74, 6) is 0. The van der Waals surface area contributed by atoms with E-state index in [1.54, 1.807) is 0 Å². The summed E-state index contributed by atoms with van der Waals surface area (Å²) in [5, 5.41) is 4.95. The van der Waals surface area contributed by atoms with Gasteiger partial charge in [0.25, 0.3) is 0 Å². The first-order valence-electron chi connectivity index (χ1n) is 7.41. The number of rotatable bonds is 6. The Morgan fingerprint density at radius 3 is 2.00 bits per heavy atom. The molecule has 0 radical (unpaired) electrons. The van der Waals surface area contributed by atoms with E-state index in [1.165, 1.54) is 11.1 Å². The molecule has 2 rings (SSSR count). The van der Waals surface area contributed by atoms with Crippen molar-refractivity contribution >= 4 is 23.2 Å². The smallest absolute Gasteiger partial charge is 0.0595 e. The third kappa shape index (κ3) is 4.23. The zero-order valence-corrected chi connectivity index (χ0v) is 14.0. The van der Waals surface area contributed by atoms with Gasteiger partial charge in [0.2, 0.25) is 0 Å². The Hall–Kier alpha value is -1.02. The summed E-state index contributed by atoms with van der Waals surface area (Å²) in [7, 11) is 0. The molecule has 2 atom stereocenters. The number of halogens is 2. The second-order valence-corrected chi connectivity index (χ2v) is 5.99. The maximum atomic E-state index is 6.14. The van der Waals surface area contributed by atoms with Crippen molar-refractivity contribution in [1.82, 2.24) is 5.32 Å². The lowest BCUT2D eigenvalue weighted by atomic mass is 9.99. The van der Waals surface area contributed by atoms with Crippen molar-refractivity contribution in [2.75, 3.05) is 0 Å². The van der Waals surface area contributed by atoms with E-state index in [2.05, 4.69) is 43.4 Å². The van der Waals surface area contributed by atoms with Crippen molar-refractivity contribution in [1.29, 1.82) is 0 Å². The Labute approximate surface area is 137 Å². The quantitative estimate of drug-likeness (QED) is 0.669. The van der Waals surface area contributed by atoms with Crippen LogP contribution in [0.5, 0.6) is 0 Å². The van der Waals surface area contributed by atoms with Gasteiger partial charge in [-0.2, -0.15) is 0 Å². The van der Waals surface area contributed by atoms with Gasteiger partial charge in [-0.25, -0.2) is 0 Å². The Morgan fingerprint density at radius 2 is 1.43 bits per heavy atom. The van der Waals surface area contributed by atoms with Crippen LogP contribution in [0.2, 0.25) is 10.0 Å². The highest BCUT2D eigenvalue weighted by molar-refractivity contribution is 6.42. The van der Waals surface area contributed by atoms with E-state index >= 15 is 0 Å². The SMILES string of the molecule is CCC(NC(CC)c1ccc(Cl)c(Cl)c1)c1ccccc1. The summed E-state index contributed by atoms with van der Waals surface area (Å²) in [4.78, 5) is 0. The summed E-state index contributed by atoms with van der Waals surface area (Å²) >= 11 is 12.1. The summed E-state index contributed by atoms with van der Waals surface area (Å²) in [5.41, 5.74) is 2.50. The molecule has 2 aromatic rings. The minimum Gasteiger partial charge on any atom is -0.303 e. The van der Waals surface area contributed by atoms with Crippen molar-refractivity contribution in [3.63, 3.8) is 0 Å². The Kier molecular flexibility index (Phi) is 6.10. The Morgan fingerprint density at radius 1 is 0.810 bits per heavy atom. The molecule has 0 aliphatic heterocycles. The van der Waals surface area contributed by atoms with E-state index in [-0.39, 0.29) is 6.04 Å². The van der Waals surface area contributed by atoms with Gasteiger partial charge in [-0.15, -0.1) is 0 Å². The van der Waals surface area contributed by atoms with Gasteiger partial charge in [-0.3, -0.25) is 0 Å². The lowest BCUT2D eigenvalue weighted by Crippen LogP contribution is -2.25. The average Bonchev–Trinajstić information content (AvgIpc) is 2.52. The minimum atomic E-state index is 0.268. The summed E-state index contributed by atoms with van der Waals surface area (Å²) in [6, 6.07) is 17.0. The highest BCUT2D eigenvalue weighted by atomic mass is 35.5. The fourth-order valence-electron chi connectivity index (χ4n) is 2.56. The predicted molar refractivity (Wildman–Crippen MR) is 92.1 cm³/mol. The maximum absolute atomic E-state index is 6.14. The molecule has 0 aliphatic carbocycles. The van der Waals surface area contributed by atoms with Crippen LogP contribution in [0.1, 0.15) is 49.9 Å². The molecule has 0 amide bonds. The largest absolute Gasteiger partial charge is 0.303 e. The molecular weight excluding hydrogens is 301 g/mol. The lowest BCUT2D eigenvalue weighted by Gasteiger charge is -2.25. The predicted octanol–water partition coefficient (Wildman–Crippen LogP) is 6.19. The fraction of sp³-hybridized carbons (Fsp3) is 0.333. The number of benzene rings is 2. The van der Waals surface area contributed by atoms with Crippen LogP contribution >= 0.6 is 23.2 Å². The summed E-state index contributed by atoms with van der Waals surface area (Å²) < 4.78 is 0. The monoisotopic (exact) mass is 321 g/mol. The van der Waals surface area contributed by atoms with E-state index in [1.807, 2.05) is 24.3 Å². The lowest BCUT2D eigenvalue weighted by molar-refractivity contribution is 0.426. The molecule has 0 saturated carbocycles. The topological polar surface area (TPSA) is 12.0 Å². The molecule has 0 aliphatic rings. The van der Waals surface area contributed by atoms with Gasteiger partial charge in [0.05, 0.1) is 10.0 Å². The molecule has 112 valence electrons. The third-order valence-electron chi connectivity index (χ3n) is 3.77. The van der Waals surface area contributed by atoms with Gasteiger partial charge in [-0.1, -0.05) is 73.4 Å². The number of nitrogens with one attached hydrogen (secondary N) is 1. The number of hydrogen-bond donors (Lipinski definition) is 1. The molecule has 2 unspecified atom stereocenters. The average molecular weight is 322 g/mol. The van der Waals surface area contributed by atoms with Gasteiger partial charge in [0.15, 0.2) is 0 Å². The third-order valence-corrected chi connectivity index (χ3v) is 4.51. The van der Waals surface area contributed by atoms with Gasteiger partial charge < -0.3 is 5.32 Å². The second kappa shape index (κ2) is 7.84. The molecule has 0 heterocycles. The van der Waals surface area contributed by atoms with Crippen LogP contribution < -0.4 is 5.32 Å². The van der Waals surface area contributed by atoms with Crippen molar-refractivity contribution in [2.45, 2.75) is 38.8 Å². The van der Waals surface area contributed by atoms with E-state index in [9.17, 15) is 0 Å². The molecule has 21 heavy (non-hydrogen) atoms. The molecule has 0 bridgehead atoms. The van der Waals surface area contributed by atoms with Crippen LogP contribution in [-0.4, -0.2) is 0 Å². The molecule has 0 spiro atoms. The standard InChI is InChI=1S/C18H21Cl2N/c1-3-17(13-8-6-5-7-9-13)21-18(4-2)14-10-11-15(19)16(20)12-14/h5-12,17-18,21H,3-4H2,1-2H3. The van der Waals surface area contributed by atoms with Gasteiger partial charge >= 0.3 is 0 Å². The molecule has 0 fully saturated rings. The molecule has 0 saturated heterocycles. The van der Waals surface area contributed by atoms with E-state index in [0.717, 1.165) is 12.8 Å². The molecule has 1 N–H and O–H groups in total. The van der Waals surface area contributed by atoms with E-state index < -0.39 is 0 Å². The first-order valence-corrected chi connectivity index (χ1v) is 8.17. The fourth-order valence-corrected chi connectivity index (χ4v) is 2.86. The maximum Gasteiger partial charge on any atom is 0.0595 e. The van der Waals surface area contributed by atoms with Crippen LogP contribution in [0.15, 0.2) is 48.5 Å². The normalized spacial score (nSPS) is 13.9. The molecular formula is C18H21Cl2N. The van der Waals surface area contributed by atoms with Crippen LogP contribution in [0.25, 0.3) is 0 Å². The zero-order chi connectivity index (χ0) is 15.2. The van der Waals surface area contributed by atoms with Gasteiger partial charge in [0.1, 0.15) is 0 Å². The van der Waals surface area contributed by atoms with Gasteiger partial charge in [-0.05, 0) is 36.1 Å². The molecule has 3 heteroatoms. The van der Waals surface area contributed by atoms with Crippen molar-refractivity contribution in [2.24, 2.45) is 0 Å². The molecule has 1 nitrogen and oxygen atoms in total. The van der Waals surface area contributed by atoms with Crippen LogP contribution in [-0.2, 0) is 0 Å². The molecule has 0 aromatic heterocycles. The van der Waals surface area contributed by atoms with Crippen molar-refractivity contribution < 1.29 is 0 Å². The first-order chi connectivity index (χ1) is 10.2. The van der Waals surface area contributed by atoms with Crippen LogP contribution in [0.4, 0.5) is 0 Å². The Bertz CT molecular complexity index is 569. The van der Waals surface area contributed by atoms with Crippen molar-refractivity contribution in [3.05, 3.63) is 69.7 Å². The van der Waals surface area contributed by atoms with E-state index in [4.69, 9.17) is 23.2 Å². The minimum absolute atomic E-state index is 0.268.